The Morgan fingerprint density at radius 2 is 1.69 bits per heavy atom. The van der Waals surface area contributed by atoms with Crippen LogP contribution in [-0.2, 0) is 21.4 Å². The molecule has 1 N–H and O–H groups in total. The minimum Gasteiger partial charge on any atom is -0.491 e. The Morgan fingerprint density at radius 1 is 1.07 bits per heavy atom. The molecule has 0 atom stereocenters. The van der Waals surface area contributed by atoms with Crippen LogP contribution >= 0.6 is 0 Å². The number of ether oxygens (including phenoxy) is 1. The van der Waals surface area contributed by atoms with Gasteiger partial charge in [0.15, 0.2) is 0 Å². The number of nitrogens with one attached hydrogen (secondary N) is 1. The van der Waals surface area contributed by atoms with E-state index < -0.39 is 10.0 Å². The fraction of sp³-hybridized carbons (Fsp3) is 0.409. The molecule has 0 saturated heterocycles. The number of hydrogen-bond acceptors (Lipinski definition) is 4. The molecule has 0 radical (unpaired) electrons. The summed E-state index contributed by atoms with van der Waals surface area (Å²) < 4.78 is 31.2. The first-order valence-electron chi connectivity index (χ1n) is 9.72. The molecule has 0 unspecified atom stereocenters. The van der Waals surface area contributed by atoms with E-state index in [2.05, 4.69) is 5.32 Å². The molecule has 29 heavy (non-hydrogen) atoms. The number of anilines is 1. The van der Waals surface area contributed by atoms with Gasteiger partial charge in [0.05, 0.1) is 18.0 Å². The zero-order valence-corrected chi connectivity index (χ0v) is 18.3. The van der Waals surface area contributed by atoms with Gasteiger partial charge in [-0.2, -0.15) is 0 Å². The number of benzene rings is 2. The van der Waals surface area contributed by atoms with Gasteiger partial charge < -0.3 is 10.1 Å². The quantitative estimate of drug-likeness (QED) is 0.639. The Balaban J connectivity index is 1.82. The first-order valence-corrected chi connectivity index (χ1v) is 11.6. The highest BCUT2D eigenvalue weighted by Crippen LogP contribution is 2.19. The molecule has 158 valence electrons. The second-order valence-electron chi connectivity index (χ2n) is 7.36. The van der Waals surface area contributed by atoms with Crippen LogP contribution in [0.1, 0.15) is 37.8 Å². The minimum atomic E-state index is -3.41. The molecule has 6 nitrogen and oxygen atoms in total. The molecule has 0 aliphatic rings. The average Bonchev–Trinajstić information content (AvgIpc) is 2.64. The summed E-state index contributed by atoms with van der Waals surface area (Å²) in [6.45, 7) is 6.57. The number of hydrogen-bond donors (Lipinski definition) is 1. The van der Waals surface area contributed by atoms with Crippen LogP contribution in [0.5, 0.6) is 5.75 Å². The summed E-state index contributed by atoms with van der Waals surface area (Å²) in [5, 5.41) is 2.87. The first kappa shape index (κ1) is 22.7. The summed E-state index contributed by atoms with van der Waals surface area (Å²) in [4.78, 5) is 12.1. The summed E-state index contributed by atoms with van der Waals surface area (Å²) in [7, 11) is -3.41. The van der Waals surface area contributed by atoms with Crippen molar-refractivity contribution in [2.45, 2.75) is 46.3 Å². The van der Waals surface area contributed by atoms with E-state index in [0.717, 1.165) is 16.9 Å². The normalized spacial score (nSPS) is 11.3. The molecule has 0 spiro atoms. The van der Waals surface area contributed by atoms with E-state index in [1.165, 1.54) is 10.6 Å². The van der Waals surface area contributed by atoms with Crippen molar-refractivity contribution in [3.05, 3.63) is 59.7 Å². The molecule has 2 rings (SSSR count). The Bertz CT molecular complexity index is 891. The van der Waals surface area contributed by atoms with Crippen molar-refractivity contribution in [1.29, 1.82) is 0 Å². The molecule has 2 aromatic rings. The van der Waals surface area contributed by atoms with Crippen LogP contribution in [0.15, 0.2) is 48.5 Å². The van der Waals surface area contributed by atoms with Crippen LogP contribution in [-0.4, -0.2) is 33.2 Å². The Kier molecular flexibility index (Phi) is 8.08. The van der Waals surface area contributed by atoms with Gasteiger partial charge in [0.25, 0.3) is 0 Å². The topological polar surface area (TPSA) is 75.7 Å². The van der Waals surface area contributed by atoms with Crippen molar-refractivity contribution in [1.82, 2.24) is 5.32 Å². The summed E-state index contributed by atoms with van der Waals surface area (Å²) in [6.07, 6.45) is 1.99. The van der Waals surface area contributed by atoms with Crippen molar-refractivity contribution in [2.75, 3.05) is 17.1 Å². The summed E-state index contributed by atoms with van der Waals surface area (Å²) in [6, 6.07) is 14.9. The van der Waals surface area contributed by atoms with Crippen LogP contribution in [0.4, 0.5) is 5.69 Å². The average molecular weight is 419 g/mol. The number of sulfonamides is 1. The van der Waals surface area contributed by atoms with Crippen LogP contribution in [0, 0.1) is 6.92 Å². The summed E-state index contributed by atoms with van der Waals surface area (Å²) in [5.41, 5.74) is 2.65. The summed E-state index contributed by atoms with van der Waals surface area (Å²) >= 11 is 0. The lowest BCUT2D eigenvalue weighted by Gasteiger charge is -2.22. The zero-order chi connectivity index (χ0) is 21.4. The Hall–Kier alpha value is -2.54. The lowest BCUT2D eigenvalue weighted by atomic mass is 10.2. The standard InChI is InChI=1S/C22H30N2O4S/c1-17(2)28-21-13-9-19(10-14-21)16-23-22(25)6-5-15-24(29(4,26)27)20-11-7-18(3)8-12-20/h7-14,17H,5-6,15-16H2,1-4H3,(H,23,25). The van der Waals surface area contributed by atoms with Gasteiger partial charge in [0.1, 0.15) is 5.75 Å². The number of amides is 1. The first-order chi connectivity index (χ1) is 13.6. The van der Waals surface area contributed by atoms with Gasteiger partial charge in [0.2, 0.25) is 15.9 Å². The number of carbonyl (C=O) groups is 1. The Morgan fingerprint density at radius 3 is 2.24 bits per heavy atom. The molecular formula is C22H30N2O4S. The van der Waals surface area contributed by atoms with E-state index in [0.29, 0.717) is 18.7 Å². The molecule has 0 saturated carbocycles. The maximum Gasteiger partial charge on any atom is 0.232 e. The van der Waals surface area contributed by atoms with Crippen LogP contribution in [0.3, 0.4) is 0 Å². The highest BCUT2D eigenvalue weighted by Gasteiger charge is 2.17. The molecule has 0 heterocycles. The molecule has 0 aliphatic carbocycles. The maximum atomic E-state index is 12.1. The lowest BCUT2D eigenvalue weighted by molar-refractivity contribution is -0.121. The van der Waals surface area contributed by atoms with Crippen molar-refractivity contribution in [2.24, 2.45) is 0 Å². The monoisotopic (exact) mass is 418 g/mol. The third-order valence-corrected chi connectivity index (χ3v) is 5.47. The van der Waals surface area contributed by atoms with Gasteiger partial charge in [-0.1, -0.05) is 29.8 Å². The fourth-order valence-corrected chi connectivity index (χ4v) is 3.79. The highest BCUT2D eigenvalue weighted by molar-refractivity contribution is 7.92. The molecular weight excluding hydrogens is 388 g/mol. The highest BCUT2D eigenvalue weighted by atomic mass is 32.2. The van der Waals surface area contributed by atoms with Crippen molar-refractivity contribution < 1.29 is 17.9 Å². The molecule has 7 heteroatoms. The van der Waals surface area contributed by atoms with E-state index in [-0.39, 0.29) is 25.0 Å². The second kappa shape index (κ2) is 10.3. The SMILES string of the molecule is Cc1ccc(N(CCCC(=O)NCc2ccc(OC(C)C)cc2)S(C)(=O)=O)cc1. The second-order valence-corrected chi connectivity index (χ2v) is 9.27. The number of aryl methyl sites for hydroxylation is 1. The van der Waals surface area contributed by atoms with Gasteiger partial charge >= 0.3 is 0 Å². The van der Waals surface area contributed by atoms with Crippen molar-refractivity contribution in [3.8, 4) is 5.75 Å². The van der Waals surface area contributed by atoms with Crippen molar-refractivity contribution >= 4 is 21.6 Å². The van der Waals surface area contributed by atoms with E-state index in [9.17, 15) is 13.2 Å². The minimum absolute atomic E-state index is 0.107. The molecule has 0 bridgehead atoms. The van der Waals surface area contributed by atoms with E-state index in [1.54, 1.807) is 12.1 Å². The molecule has 1 amide bonds. The third kappa shape index (κ3) is 7.77. The zero-order valence-electron chi connectivity index (χ0n) is 17.5. The molecule has 0 aliphatic heterocycles. The third-order valence-electron chi connectivity index (χ3n) is 4.27. The van der Waals surface area contributed by atoms with Crippen LogP contribution < -0.4 is 14.4 Å². The van der Waals surface area contributed by atoms with E-state index in [1.807, 2.05) is 57.2 Å². The molecule has 0 fully saturated rings. The number of nitrogens with zero attached hydrogens (tertiary/aromatic N) is 1. The molecule has 2 aromatic carbocycles. The van der Waals surface area contributed by atoms with Crippen molar-refractivity contribution in [3.63, 3.8) is 0 Å². The predicted octanol–water partition coefficient (Wildman–Crippen LogP) is 3.64. The van der Waals surface area contributed by atoms with Gasteiger partial charge in [-0.05, 0) is 57.0 Å². The fourth-order valence-electron chi connectivity index (χ4n) is 2.83. The van der Waals surface area contributed by atoms with Gasteiger partial charge in [-0.25, -0.2) is 8.42 Å². The summed E-state index contributed by atoms with van der Waals surface area (Å²) in [5.74, 6) is 0.692. The number of rotatable bonds is 10. The van der Waals surface area contributed by atoms with Gasteiger partial charge in [0, 0.05) is 19.5 Å². The lowest BCUT2D eigenvalue weighted by Crippen LogP contribution is -2.32. The van der Waals surface area contributed by atoms with Crippen LogP contribution in [0.2, 0.25) is 0 Å². The van der Waals surface area contributed by atoms with Crippen LogP contribution in [0.25, 0.3) is 0 Å². The van der Waals surface area contributed by atoms with Gasteiger partial charge in [-0.3, -0.25) is 9.10 Å². The number of carbonyl (C=O) groups excluding carboxylic acids is 1. The van der Waals surface area contributed by atoms with E-state index >= 15 is 0 Å². The Labute approximate surface area is 173 Å². The largest absolute Gasteiger partial charge is 0.491 e. The smallest absolute Gasteiger partial charge is 0.232 e. The van der Waals surface area contributed by atoms with E-state index in [4.69, 9.17) is 4.74 Å². The molecule has 0 aromatic heterocycles. The maximum absolute atomic E-state index is 12.1. The van der Waals surface area contributed by atoms with Gasteiger partial charge in [-0.15, -0.1) is 0 Å². The predicted molar refractivity (Wildman–Crippen MR) is 117 cm³/mol.